The molecule has 7 heteroatoms. The van der Waals surface area contributed by atoms with E-state index in [0.29, 0.717) is 29.3 Å². The molecule has 0 atom stereocenters. The van der Waals surface area contributed by atoms with Crippen molar-refractivity contribution >= 4 is 11.5 Å². The maximum absolute atomic E-state index is 5.50. The highest BCUT2D eigenvalue weighted by Gasteiger charge is 2.19. The van der Waals surface area contributed by atoms with E-state index in [1.165, 1.54) is 0 Å². The molecule has 0 saturated carbocycles. The van der Waals surface area contributed by atoms with Crippen LogP contribution in [0.2, 0.25) is 0 Å². The highest BCUT2D eigenvalue weighted by molar-refractivity contribution is 5.72. The van der Waals surface area contributed by atoms with Gasteiger partial charge in [-0.05, 0) is 25.8 Å². The van der Waals surface area contributed by atoms with Crippen molar-refractivity contribution in [1.29, 1.82) is 0 Å². The molecule has 0 bridgehead atoms. The first-order valence-corrected chi connectivity index (χ1v) is 8.85. The third kappa shape index (κ3) is 4.15. The second-order valence-electron chi connectivity index (χ2n) is 6.32. The summed E-state index contributed by atoms with van der Waals surface area (Å²) in [7, 11) is 7.14. The molecule has 0 fully saturated rings. The standard InChI is InChI=1S/C19H29N5O2/c1-8-13(9-2)22-17-19(26-7)23-16(12(3)21-17)15-10-14(24(4)5)11-20-18(15)25-6/h10-11,13H,8-9H2,1-7H3,(H,21,22). The van der Waals surface area contributed by atoms with Gasteiger partial charge in [0.25, 0.3) is 5.88 Å². The van der Waals surface area contributed by atoms with E-state index < -0.39 is 0 Å². The lowest BCUT2D eigenvalue weighted by atomic mass is 10.1. The third-order valence-corrected chi connectivity index (χ3v) is 4.36. The van der Waals surface area contributed by atoms with Gasteiger partial charge in [-0.25, -0.2) is 15.0 Å². The molecule has 0 aromatic carbocycles. The van der Waals surface area contributed by atoms with Gasteiger partial charge in [-0.3, -0.25) is 0 Å². The van der Waals surface area contributed by atoms with Gasteiger partial charge in [0.05, 0.1) is 37.4 Å². The van der Waals surface area contributed by atoms with E-state index in [2.05, 4.69) is 24.1 Å². The van der Waals surface area contributed by atoms with Crippen LogP contribution in [0.3, 0.4) is 0 Å². The van der Waals surface area contributed by atoms with E-state index in [4.69, 9.17) is 19.4 Å². The Hall–Kier alpha value is -2.57. The molecule has 0 unspecified atom stereocenters. The van der Waals surface area contributed by atoms with Crippen LogP contribution in [0, 0.1) is 6.92 Å². The van der Waals surface area contributed by atoms with Crippen LogP contribution in [0.15, 0.2) is 12.3 Å². The molecule has 142 valence electrons. The molecule has 2 aromatic heterocycles. The number of anilines is 2. The summed E-state index contributed by atoms with van der Waals surface area (Å²) in [5.74, 6) is 1.64. The van der Waals surface area contributed by atoms with Crippen molar-refractivity contribution in [3.63, 3.8) is 0 Å². The molecule has 2 rings (SSSR count). The van der Waals surface area contributed by atoms with E-state index in [1.54, 1.807) is 20.4 Å². The van der Waals surface area contributed by atoms with Crippen LogP contribution in [0.5, 0.6) is 11.8 Å². The van der Waals surface area contributed by atoms with Crippen LogP contribution in [0.4, 0.5) is 11.5 Å². The monoisotopic (exact) mass is 359 g/mol. The van der Waals surface area contributed by atoms with E-state index >= 15 is 0 Å². The predicted molar refractivity (Wildman–Crippen MR) is 105 cm³/mol. The molecule has 2 heterocycles. The first kappa shape index (κ1) is 19.8. The number of ether oxygens (including phenoxy) is 2. The quantitative estimate of drug-likeness (QED) is 0.773. The Morgan fingerprint density at radius 3 is 2.27 bits per heavy atom. The first-order valence-electron chi connectivity index (χ1n) is 8.85. The van der Waals surface area contributed by atoms with Gasteiger partial charge < -0.3 is 19.7 Å². The van der Waals surface area contributed by atoms with Crippen LogP contribution >= 0.6 is 0 Å². The molecule has 0 aliphatic heterocycles. The third-order valence-electron chi connectivity index (χ3n) is 4.36. The second-order valence-corrected chi connectivity index (χ2v) is 6.32. The Bertz CT molecular complexity index is 745. The molecule has 2 aromatic rings. The van der Waals surface area contributed by atoms with Crippen molar-refractivity contribution in [3.05, 3.63) is 18.0 Å². The summed E-state index contributed by atoms with van der Waals surface area (Å²) in [5.41, 5.74) is 3.23. The smallest absolute Gasteiger partial charge is 0.257 e. The van der Waals surface area contributed by atoms with Gasteiger partial charge >= 0.3 is 0 Å². The van der Waals surface area contributed by atoms with Gasteiger partial charge in [0, 0.05) is 20.1 Å². The topological polar surface area (TPSA) is 72.4 Å². The molecule has 0 radical (unpaired) electrons. The SMILES string of the molecule is CCC(CC)Nc1nc(C)c(-c2cc(N(C)C)cnc2OC)nc1OC. The summed E-state index contributed by atoms with van der Waals surface area (Å²) in [6.45, 7) is 6.22. The van der Waals surface area contributed by atoms with Gasteiger partial charge in [0.15, 0.2) is 5.82 Å². The average Bonchev–Trinajstić information content (AvgIpc) is 2.65. The Morgan fingerprint density at radius 2 is 1.73 bits per heavy atom. The molecule has 0 aliphatic carbocycles. The molecule has 0 spiro atoms. The Kier molecular flexibility index (Phi) is 6.60. The minimum atomic E-state index is 0.330. The lowest BCUT2D eigenvalue weighted by molar-refractivity contribution is 0.394. The molecule has 26 heavy (non-hydrogen) atoms. The summed E-state index contributed by atoms with van der Waals surface area (Å²) in [5, 5.41) is 3.42. The lowest BCUT2D eigenvalue weighted by Crippen LogP contribution is -2.19. The van der Waals surface area contributed by atoms with Crippen molar-refractivity contribution in [2.45, 2.75) is 39.7 Å². The number of nitrogens with zero attached hydrogens (tertiary/aromatic N) is 4. The molecular weight excluding hydrogens is 330 g/mol. The number of hydrogen-bond acceptors (Lipinski definition) is 7. The highest BCUT2D eigenvalue weighted by atomic mass is 16.5. The van der Waals surface area contributed by atoms with Gasteiger partial charge in [-0.1, -0.05) is 13.8 Å². The van der Waals surface area contributed by atoms with Crippen molar-refractivity contribution in [1.82, 2.24) is 15.0 Å². The van der Waals surface area contributed by atoms with Crippen LogP contribution in [-0.4, -0.2) is 49.3 Å². The molecular formula is C19H29N5O2. The Morgan fingerprint density at radius 1 is 1.08 bits per heavy atom. The summed E-state index contributed by atoms with van der Waals surface area (Å²) in [6, 6.07) is 2.33. The van der Waals surface area contributed by atoms with Crippen LogP contribution in [0.1, 0.15) is 32.4 Å². The van der Waals surface area contributed by atoms with E-state index in [9.17, 15) is 0 Å². The fourth-order valence-corrected chi connectivity index (χ4v) is 2.70. The predicted octanol–water partition coefficient (Wildman–Crippen LogP) is 3.53. The summed E-state index contributed by atoms with van der Waals surface area (Å²) in [4.78, 5) is 15.8. The zero-order valence-corrected chi connectivity index (χ0v) is 16.8. The van der Waals surface area contributed by atoms with Gasteiger partial charge in [0.1, 0.15) is 5.69 Å². The van der Waals surface area contributed by atoms with E-state index in [1.807, 2.05) is 32.0 Å². The minimum absolute atomic E-state index is 0.330. The maximum atomic E-state index is 5.50. The van der Waals surface area contributed by atoms with Crippen molar-refractivity contribution in [3.8, 4) is 23.0 Å². The Labute approximate surface area is 155 Å². The molecule has 7 nitrogen and oxygen atoms in total. The maximum Gasteiger partial charge on any atom is 0.257 e. The van der Waals surface area contributed by atoms with Crippen LogP contribution in [0.25, 0.3) is 11.3 Å². The number of methoxy groups -OCH3 is 2. The second kappa shape index (κ2) is 8.69. The highest BCUT2D eigenvalue weighted by Crippen LogP contribution is 2.34. The normalized spacial score (nSPS) is 10.8. The summed E-state index contributed by atoms with van der Waals surface area (Å²) < 4.78 is 10.9. The van der Waals surface area contributed by atoms with E-state index in [0.717, 1.165) is 29.8 Å². The largest absolute Gasteiger partial charge is 0.481 e. The summed E-state index contributed by atoms with van der Waals surface area (Å²) >= 11 is 0. The number of aryl methyl sites for hydroxylation is 1. The fraction of sp³-hybridized carbons (Fsp3) is 0.526. The van der Waals surface area contributed by atoms with Gasteiger partial charge in [-0.15, -0.1) is 0 Å². The molecule has 0 aliphatic rings. The van der Waals surface area contributed by atoms with Crippen molar-refractivity contribution in [2.75, 3.05) is 38.5 Å². The minimum Gasteiger partial charge on any atom is -0.481 e. The number of nitrogens with one attached hydrogen (secondary N) is 1. The zero-order valence-electron chi connectivity index (χ0n) is 16.8. The average molecular weight is 359 g/mol. The zero-order chi connectivity index (χ0) is 19.3. The summed E-state index contributed by atoms with van der Waals surface area (Å²) in [6.07, 6.45) is 3.78. The first-order chi connectivity index (χ1) is 12.4. The molecule has 0 saturated heterocycles. The van der Waals surface area contributed by atoms with E-state index in [-0.39, 0.29) is 0 Å². The van der Waals surface area contributed by atoms with Crippen LogP contribution in [-0.2, 0) is 0 Å². The molecule has 0 amide bonds. The number of aromatic nitrogens is 3. The van der Waals surface area contributed by atoms with Crippen LogP contribution < -0.4 is 19.7 Å². The molecule has 1 N–H and O–H groups in total. The number of rotatable bonds is 8. The van der Waals surface area contributed by atoms with Crippen molar-refractivity contribution in [2.24, 2.45) is 0 Å². The van der Waals surface area contributed by atoms with Gasteiger partial charge in [0.2, 0.25) is 5.88 Å². The lowest BCUT2D eigenvalue weighted by Gasteiger charge is -2.19. The number of hydrogen-bond donors (Lipinski definition) is 1. The number of pyridine rings is 1. The van der Waals surface area contributed by atoms with Crippen molar-refractivity contribution < 1.29 is 9.47 Å². The Balaban J connectivity index is 2.55. The van der Waals surface area contributed by atoms with Gasteiger partial charge in [-0.2, -0.15) is 0 Å². The fourth-order valence-electron chi connectivity index (χ4n) is 2.70.